The third-order valence-electron chi connectivity index (χ3n) is 2.42. The highest BCUT2D eigenvalue weighted by molar-refractivity contribution is 6.29. The van der Waals surface area contributed by atoms with Crippen LogP contribution in [0.25, 0.3) is 16.9 Å². The van der Waals surface area contributed by atoms with E-state index in [1.807, 2.05) is 47.1 Å². The SMILES string of the molecule is Clc1cc(-c2ncc3ccccn23)ccn1. The van der Waals surface area contributed by atoms with Gasteiger partial charge in [-0.05, 0) is 24.3 Å². The third-order valence-corrected chi connectivity index (χ3v) is 2.63. The normalized spacial score (nSPS) is 10.8. The van der Waals surface area contributed by atoms with E-state index in [1.165, 1.54) is 0 Å². The predicted octanol–water partition coefficient (Wildman–Crippen LogP) is 3.05. The van der Waals surface area contributed by atoms with Crippen LogP contribution in [0.5, 0.6) is 0 Å². The minimum atomic E-state index is 0.477. The molecule has 0 aliphatic heterocycles. The standard InChI is InChI=1S/C12H8ClN3/c13-11-7-9(4-5-14-11)12-15-8-10-3-1-2-6-16(10)12/h1-8H. The Bertz CT molecular complexity index is 645. The van der Waals surface area contributed by atoms with E-state index in [0.717, 1.165) is 16.9 Å². The van der Waals surface area contributed by atoms with Gasteiger partial charge in [-0.1, -0.05) is 17.7 Å². The van der Waals surface area contributed by atoms with Crippen molar-refractivity contribution in [2.24, 2.45) is 0 Å². The van der Waals surface area contributed by atoms with Crippen LogP contribution in [0.1, 0.15) is 0 Å². The summed E-state index contributed by atoms with van der Waals surface area (Å²) in [4.78, 5) is 8.34. The van der Waals surface area contributed by atoms with Crippen LogP contribution in [0.3, 0.4) is 0 Å². The zero-order chi connectivity index (χ0) is 11.0. The molecule has 3 aromatic heterocycles. The topological polar surface area (TPSA) is 30.2 Å². The van der Waals surface area contributed by atoms with Crippen LogP contribution in [-0.2, 0) is 0 Å². The lowest BCUT2D eigenvalue weighted by molar-refractivity contribution is 1.16. The highest BCUT2D eigenvalue weighted by Gasteiger charge is 2.05. The average Bonchev–Trinajstić information content (AvgIpc) is 2.72. The predicted molar refractivity (Wildman–Crippen MR) is 63.4 cm³/mol. The molecule has 0 spiro atoms. The van der Waals surface area contributed by atoms with E-state index in [2.05, 4.69) is 9.97 Å². The van der Waals surface area contributed by atoms with Crippen LogP contribution in [0.2, 0.25) is 5.15 Å². The van der Waals surface area contributed by atoms with E-state index in [0.29, 0.717) is 5.15 Å². The first-order chi connectivity index (χ1) is 7.84. The number of imidazole rings is 1. The fourth-order valence-corrected chi connectivity index (χ4v) is 1.87. The maximum absolute atomic E-state index is 5.86. The Hall–Kier alpha value is -1.87. The van der Waals surface area contributed by atoms with Crippen LogP contribution < -0.4 is 0 Å². The summed E-state index contributed by atoms with van der Waals surface area (Å²) in [5.74, 6) is 0.875. The quantitative estimate of drug-likeness (QED) is 0.601. The van der Waals surface area contributed by atoms with E-state index in [1.54, 1.807) is 6.20 Å². The molecule has 3 aromatic rings. The highest BCUT2D eigenvalue weighted by atomic mass is 35.5. The zero-order valence-corrected chi connectivity index (χ0v) is 9.09. The summed E-state index contributed by atoms with van der Waals surface area (Å²) in [6, 6.07) is 9.68. The Balaban J connectivity index is 2.26. The van der Waals surface area contributed by atoms with Crippen LogP contribution >= 0.6 is 11.6 Å². The van der Waals surface area contributed by atoms with Crippen molar-refractivity contribution in [3.8, 4) is 11.4 Å². The van der Waals surface area contributed by atoms with Gasteiger partial charge < -0.3 is 0 Å². The van der Waals surface area contributed by atoms with E-state index in [-0.39, 0.29) is 0 Å². The second-order valence-corrected chi connectivity index (χ2v) is 3.83. The molecule has 3 nitrogen and oxygen atoms in total. The van der Waals surface area contributed by atoms with E-state index >= 15 is 0 Å². The number of aromatic nitrogens is 3. The Kier molecular flexibility index (Phi) is 2.11. The molecule has 0 aliphatic carbocycles. The summed E-state index contributed by atoms with van der Waals surface area (Å²) in [7, 11) is 0. The number of fused-ring (bicyclic) bond motifs is 1. The van der Waals surface area contributed by atoms with Gasteiger partial charge in [-0.15, -0.1) is 0 Å². The summed E-state index contributed by atoms with van der Waals surface area (Å²) in [6.45, 7) is 0. The molecule has 0 aliphatic rings. The molecular weight excluding hydrogens is 222 g/mol. The molecule has 0 aromatic carbocycles. The average molecular weight is 230 g/mol. The Morgan fingerprint density at radius 3 is 2.94 bits per heavy atom. The minimum Gasteiger partial charge on any atom is -0.300 e. The molecule has 0 saturated heterocycles. The smallest absolute Gasteiger partial charge is 0.144 e. The van der Waals surface area contributed by atoms with E-state index < -0.39 is 0 Å². The van der Waals surface area contributed by atoms with Crippen molar-refractivity contribution in [3.05, 3.63) is 54.1 Å². The molecule has 0 N–H and O–H groups in total. The lowest BCUT2D eigenvalue weighted by atomic mass is 10.2. The summed E-state index contributed by atoms with van der Waals surface area (Å²) >= 11 is 5.86. The molecule has 16 heavy (non-hydrogen) atoms. The summed E-state index contributed by atoms with van der Waals surface area (Å²) < 4.78 is 2.02. The lowest BCUT2D eigenvalue weighted by Gasteiger charge is -2.00. The zero-order valence-electron chi connectivity index (χ0n) is 8.34. The molecule has 0 radical (unpaired) electrons. The maximum Gasteiger partial charge on any atom is 0.144 e. The Morgan fingerprint density at radius 1 is 1.12 bits per heavy atom. The molecule has 4 heteroatoms. The summed E-state index contributed by atoms with van der Waals surface area (Å²) in [6.07, 6.45) is 5.50. The minimum absolute atomic E-state index is 0.477. The number of hydrogen-bond acceptors (Lipinski definition) is 2. The molecule has 0 atom stereocenters. The van der Waals surface area contributed by atoms with E-state index in [4.69, 9.17) is 11.6 Å². The molecule has 3 heterocycles. The van der Waals surface area contributed by atoms with E-state index in [9.17, 15) is 0 Å². The first kappa shape index (κ1) is 9.36. The first-order valence-electron chi connectivity index (χ1n) is 4.88. The number of rotatable bonds is 1. The second-order valence-electron chi connectivity index (χ2n) is 3.44. The van der Waals surface area contributed by atoms with Crippen LogP contribution in [-0.4, -0.2) is 14.4 Å². The maximum atomic E-state index is 5.86. The largest absolute Gasteiger partial charge is 0.300 e. The fourth-order valence-electron chi connectivity index (χ4n) is 1.70. The van der Waals surface area contributed by atoms with Gasteiger partial charge in [-0.25, -0.2) is 9.97 Å². The van der Waals surface area contributed by atoms with Crippen molar-refractivity contribution in [2.45, 2.75) is 0 Å². The van der Waals surface area contributed by atoms with Crippen LogP contribution in [0, 0.1) is 0 Å². The monoisotopic (exact) mass is 229 g/mol. The van der Waals surface area contributed by atoms with Gasteiger partial charge in [-0.3, -0.25) is 4.40 Å². The molecule has 0 fully saturated rings. The van der Waals surface area contributed by atoms with Crippen LogP contribution in [0.4, 0.5) is 0 Å². The van der Waals surface area contributed by atoms with Gasteiger partial charge in [0.1, 0.15) is 11.0 Å². The number of nitrogens with zero attached hydrogens (tertiary/aromatic N) is 3. The van der Waals surface area contributed by atoms with Crippen molar-refractivity contribution in [3.63, 3.8) is 0 Å². The van der Waals surface area contributed by atoms with Gasteiger partial charge in [0.05, 0.1) is 11.7 Å². The van der Waals surface area contributed by atoms with Gasteiger partial charge in [0, 0.05) is 18.0 Å². The van der Waals surface area contributed by atoms with Crippen molar-refractivity contribution in [1.82, 2.24) is 14.4 Å². The van der Waals surface area contributed by atoms with Crippen molar-refractivity contribution >= 4 is 17.1 Å². The molecule has 0 amide bonds. The summed E-state index contributed by atoms with van der Waals surface area (Å²) in [5, 5.41) is 0.477. The van der Waals surface area contributed by atoms with Crippen LogP contribution in [0.15, 0.2) is 48.9 Å². The lowest BCUT2D eigenvalue weighted by Crippen LogP contribution is -1.88. The second kappa shape index (κ2) is 3.61. The highest BCUT2D eigenvalue weighted by Crippen LogP contribution is 2.21. The number of pyridine rings is 2. The van der Waals surface area contributed by atoms with Crippen molar-refractivity contribution < 1.29 is 0 Å². The van der Waals surface area contributed by atoms with Gasteiger partial charge in [0.15, 0.2) is 0 Å². The molecule has 0 bridgehead atoms. The Morgan fingerprint density at radius 2 is 2.06 bits per heavy atom. The van der Waals surface area contributed by atoms with Gasteiger partial charge in [0.2, 0.25) is 0 Å². The van der Waals surface area contributed by atoms with Gasteiger partial charge >= 0.3 is 0 Å². The van der Waals surface area contributed by atoms with Crippen molar-refractivity contribution in [2.75, 3.05) is 0 Å². The molecule has 3 rings (SSSR count). The molecule has 0 unspecified atom stereocenters. The first-order valence-corrected chi connectivity index (χ1v) is 5.26. The molecule has 0 saturated carbocycles. The van der Waals surface area contributed by atoms with Gasteiger partial charge in [0.25, 0.3) is 0 Å². The van der Waals surface area contributed by atoms with Crippen molar-refractivity contribution in [1.29, 1.82) is 0 Å². The molecule has 78 valence electrons. The van der Waals surface area contributed by atoms with Gasteiger partial charge in [-0.2, -0.15) is 0 Å². The number of hydrogen-bond donors (Lipinski definition) is 0. The number of halogens is 1. The summed E-state index contributed by atoms with van der Waals surface area (Å²) in [5.41, 5.74) is 2.02. The molecular formula is C12H8ClN3. The Labute approximate surface area is 97.3 Å². The fraction of sp³-hybridized carbons (Fsp3) is 0. The third kappa shape index (κ3) is 1.46.